The van der Waals surface area contributed by atoms with Gasteiger partial charge in [0.15, 0.2) is 0 Å². The van der Waals surface area contributed by atoms with Gasteiger partial charge in [-0.2, -0.15) is 0 Å². The molecule has 0 fully saturated rings. The van der Waals surface area contributed by atoms with Gasteiger partial charge in [-0.05, 0) is 24.3 Å². The van der Waals surface area contributed by atoms with Crippen molar-refractivity contribution in [1.82, 2.24) is 4.98 Å². The van der Waals surface area contributed by atoms with Gasteiger partial charge in [0, 0.05) is 28.4 Å². The summed E-state index contributed by atoms with van der Waals surface area (Å²) in [6.45, 7) is 1.04. The van der Waals surface area contributed by atoms with Gasteiger partial charge >= 0.3 is 0 Å². The van der Waals surface area contributed by atoms with E-state index in [9.17, 15) is 0 Å². The fourth-order valence-electron chi connectivity index (χ4n) is 1.58. The standard InChI is InChI=1S/C13H15ClN2OS2/c1-17-7-11-12(6-15)19-13(16-11)8-18-10-4-2-9(14)3-5-10/h2-5H,6-8,15H2,1H3. The fourth-order valence-corrected chi connectivity index (χ4v) is 3.55. The number of methoxy groups -OCH3 is 1. The molecule has 6 heteroatoms. The highest BCUT2D eigenvalue weighted by Gasteiger charge is 2.10. The van der Waals surface area contributed by atoms with Gasteiger partial charge in [-0.15, -0.1) is 23.1 Å². The molecule has 0 spiro atoms. The molecule has 1 aromatic heterocycles. The van der Waals surface area contributed by atoms with Crippen LogP contribution in [0.3, 0.4) is 0 Å². The number of hydrogen-bond donors (Lipinski definition) is 1. The normalized spacial score (nSPS) is 10.9. The first-order valence-corrected chi connectivity index (χ1v) is 7.95. The van der Waals surface area contributed by atoms with Crippen LogP contribution in [0.2, 0.25) is 5.02 Å². The molecule has 1 heterocycles. The Morgan fingerprint density at radius 2 is 2.11 bits per heavy atom. The molecule has 2 N–H and O–H groups in total. The van der Waals surface area contributed by atoms with Crippen LogP contribution in [-0.2, 0) is 23.6 Å². The van der Waals surface area contributed by atoms with Crippen molar-refractivity contribution in [2.75, 3.05) is 7.11 Å². The lowest BCUT2D eigenvalue weighted by molar-refractivity contribution is 0.181. The van der Waals surface area contributed by atoms with Crippen LogP contribution in [0.4, 0.5) is 0 Å². The summed E-state index contributed by atoms with van der Waals surface area (Å²) in [6, 6.07) is 7.82. The number of benzene rings is 1. The molecular formula is C13H15ClN2OS2. The van der Waals surface area contributed by atoms with E-state index in [1.807, 2.05) is 24.3 Å². The average Bonchev–Trinajstić information content (AvgIpc) is 2.81. The highest BCUT2D eigenvalue weighted by atomic mass is 35.5. The minimum Gasteiger partial charge on any atom is -0.378 e. The second-order valence-corrected chi connectivity index (χ2v) is 6.51. The third-order valence-corrected chi connectivity index (χ3v) is 5.04. The second kappa shape index (κ2) is 7.26. The van der Waals surface area contributed by atoms with E-state index < -0.39 is 0 Å². The first kappa shape index (κ1) is 14.8. The van der Waals surface area contributed by atoms with Crippen LogP contribution >= 0.6 is 34.7 Å². The van der Waals surface area contributed by atoms with Crippen molar-refractivity contribution >= 4 is 34.7 Å². The zero-order chi connectivity index (χ0) is 13.7. The van der Waals surface area contributed by atoms with Crippen LogP contribution in [0.1, 0.15) is 15.6 Å². The van der Waals surface area contributed by atoms with E-state index in [1.165, 1.54) is 4.90 Å². The van der Waals surface area contributed by atoms with Crippen LogP contribution in [-0.4, -0.2) is 12.1 Å². The van der Waals surface area contributed by atoms with Crippen LogP contribution in [0.25, 0.3) is 0 Å². The molecular weight excluding hydrogens is 300 g/mol. The number of thiazole rings is 1. The van der Waals surface area contributed by atoms with Crippen molar-refractivity contribution in [3.8, 4) is 0 Å². The number of rotatable bonds is 6. The van der Waals surface area contributed by atoms with Gasteiger partial charge < -0.3 is 10.5 Å². The second-order valence-electron chi connectivity index (χ2n) is 3.86. The molecule has 3 nitrogen and oxygen atoms in total. The van der Waals surface area contributed by atoms with Crippen molar-refractivity contribution in [1.29, 1.82) is 0 Å². The van der Waals surface area contributed by atoms with Crippen LogP contribution in [0, 0.1) is 0 Å². The Hall–Kier alpha value is -0.590. The molecule has 0 aliphatic heterocycles. The van der Waals surface area contributed by atoms with E-state index in [4.69, 9.17) is 22.1 Å². The van der Waals surface area contributed by atoms with Crippen molar-refractivity contribution < 1.29 is 4.74 Å². The number of ether oxygens (including phenoxy) is 1. The lowest BCUT2D eigenvalue weighted by atomic mass is 10.4. The summed E-state index contributed by atoms with van der Waals surface area (Å²) in [5.41, 5.74) is 6.67. The minimum absolute atomic E-state index is 0.516. The summed E-state index contributed by atoms with van der Waals surface area (Å²) >= 11 is 9.26. The smallest absolute Gasteiger partial charge is 0.104 e. The third kappa shape index (κ3) is 4.19. The van der Waals surface area contributed by atoms with Gasteiger partial charge in [0.2, 0.25) is 0 Å². The molecule has 2 aromatic rings. The molecule has 102 valence electrons. The van der Waals surface area contributed by atoms with Crippen LogP contribution < -0.4 is 5.73 Å². The Bertz CT molecular complexity index is 528. The average molecular weight is 315 g/mol. The first-order chi connectivity index (χ1) is 9.22. The highest BCUT2D eigenvalue weighted by Crippen LogP contribution is 2.28. The molecule has 0 aliphatic rings. The number of nitrogens with zero attached hydrogens (tertiary/aromatic N) is 1. The Morgan fingerprint density at radius 1 is 1.37 bits per heavy atom. The molecule has 2 rings (SSSR count). The quantitative estimate of drug-likeness (QED) is 0.826. The molecule has 0 atom stereocenters. The lowest BCUT2D eigenvalue weighted by Crippen LogP contribution is -1.99. The minimum atomic E-state index is 0.516. The Labute approximate surface area is 126 Å². The summed E-state index contributed by atoms with van der Waals surface area (Å²) in [4.78, 5) is 6.86. The van der Waals surface area contributed by atoms with Gasteiger partial charge in [-0.1, -0.05) is 11.6 Å². The summed E-state index contributed by atoms with van der Waals surface area (Å²) in [6.07, 6.45) is 0. The lowest BCUT2D eigenvalue weighted by Gasteiger charge is -1.99. The summed E-state index contributed by atoms with van der Waals surface area (Å²) in [7, 11) is 1.67. The number of aromatic nitrogens is 1. The maximum Gasteiger partial charge on any atom is 0.104 e. The van der Waals surface area contributed by atoms with E-state index in [1.54, 1.807) is 30.2 Å². The zero-order valence-electron chi connectivity index (χ0n) is 10.6. The van der Waals surface area contributed by atoms with Gasteiger partial charge in [0.25, 0.3) is 0 Å². The van der Waals surface area contributed by atoms with Crippen molar-refractivity contribution in [3.05, 3.63) is 44.9 Å². The largest absolute Gasteiger partial charge is 0.378 e. The molecule has 0 unspecified atom stereocenters. The van der Waals surface area contributed by atoms with Crippen molar-refractivity contribution in [2.45, 2.75) is 23.8 Å². The van der Waals surface area contributed by atoms with Gasteiger partial charge in [-0.25, -0.2) is 4.98 Å². The van der Waals surface area contributed by atoms with E-state index in [2.05, 4.69) is 4.98 Å². The topological polar surface area (TPSA) is 48.1 Å². The molecule has 1 aromatic carbocycles. The Balaban J connectivity index is 2.01. The zero-order valence-corrected chi connectivity index (χ0v) is 12.9. The third-order valence-electron chi connectivity index (χ3n) is 2.46. The molecule has 0 aliphatic carbocycles. The predicted octanol–water partition coefficient (Wildman–Crippen LogP) is 3.69. The summed E-state index contributed by atoms with van der Waals surface area (Å²) in [5.74, 6) is 0.836. The van der Waals surface area contributed by atoms with E-state index in [-0.39, 0.29) is 0 Å². The SMILES string of the molecule is COCc1nc(CSc2ccc(Cl)cc2)sc1CN. The number of halogens is 1. The highest BCUT2D eigenvalue weighted by molar-refractivity contribution is 7.98. The summed E-state index contributed by atoms with van der Waals surface area (Å²) in [5, 5.41) is 1.83. The molecule has 0 amide bonds. The van der Waals surface area contributed by atoms with Gasteiger partial charge in [-0.3, -0.25) is 0 Å². The Morgan fingerprint density at radius 3 is 2.74 bits per heavy atom. The number of thioether (sulfide) groups is 1. The first-order valence-electron chi connectivity index (χ1n) is 5.77. The monoisotopic (exact) mass is 314 g/mol. The molecule has 0 saturated heterocycles. The summed E-state index contributed by atoms with van der Waals surface area (Å²) < 4.78 is 5.13. The number of nitrogens with two attached hydrogens (primary N) is 1. The van der Waals surface area contributed by atoms with Gasteiger partial charge in [0.05, 0.1) is 18.1 Å². The maximum absolute atomic E-state index is 5.86. The van der Waals surface area contributed by atoms with E-state index in [0.717, 1.165) is 26.4 Å². The van der Waals surface area contributed by atoms with Gasteiger partial charge in [0.1, 0.15) is 5.01 Å². The predicted molar refractivity (Wildman–Crippen MR) is 81.7 cm³/mol. The molecule has 0 radical (unpaired) electrons. The molecule has 0 bridgehead atoms. The molecule has 0 saturated carbocycles. The fraction of sp³-hybridized carbons (Fsp3) is 0.308. The van der Waals surface area contributed by atoms with Crippen LogP contribution in [0.15, 0.2) is 29.2 Å². The van der Waals surface area contributed by atoms with Crippen LogP contribution in [0.5, 0.6) is 0 Å². The van der Waals surface area contributed by atoms with Crippen molar-refractivity contribution in [3.63, 3.8) is 0 Å². The van der Waals surface area contributed by atoms with E-state index >= 15 is 0 Å². The Kier molecular flexibility index (Phi) is 5.66. The van der Waals surface area contributed by atoms with Crippen molar-refractivity contribution in [2.24, 2.45) is 5.73 Å². The maximum atomic E-state index is 5.86. The molecule has 19 heavy (non-hydrogen) atoms. The number of hydrogen-bond acceptors (Lipinski definition) is 5. The van der Waals surface area contributed by atoms with E-state index in [0.29, 0.717) is 13.2 Å².